The van der Waals surface area contributed by atoms with E-state index in [1.54, 1.807) is 42.1 Å². The zero-order valence-electron chi connectivity index (χ0n) is 17.6. The molecule has 5 rings (SSSR count). The Bertz CT molecular complexity index is 1340. The van der Waals surface area contributed by atoms with Crippen molar-refractivity contribution in [1.29, 1.82) is 0 Å². The highest BCUT2D eigenvalue weighted by Crippen LogP contribution is 2.30. The second-order valence-corrected chi connectivity index (χ2v) is 8.97. The Hall–Kier alpha value is -3.14. The molecule has 32 heavy (non-hydrogen) atoms. The van der Waals surface area contributed by atoms with Crippen LogP contribution in [0.15, 0.2) is 41.3 Å². The molecule has 0 bridgehead atoms. The van der Waals surface area contributed by atoms with Crippen molar-refractivity contribution in [3.05, 3.63) is 47.1 Å². The van der Waals surface area contributed by atoms with Gasteiger partial charge in [-0.15, -0.1) is 0 Å². The molecule has 0 aliphatic heterocycles. The molecule has 2 atom stereocenters. The number of halogens is 2. The maximum Gasteiger partial charge on any atom is 0.225 e. The first-order chi connectivity index (χ1) is 15.4. The predicted molar refractivity (Wildman–Crippen MR) is 123 cm³/mol. The van der Waals surface area contributed by atoms with Crippen LogP contribution >= 0.6 is 15.9 Å². The zero-order valence-corrected chi connectivity index (χ0v) is 19.2. The highest BCUT2D eigenvalue weighted by molar-refractivity contribution is 9.10. The van der Waals surface area contributed by atoms with Gasteiger partial charge in [-0.05, 0) is 47.3 Å². The van der Waals surface area contributed by atoms with Gasteiger partial charge in [-0.1, -0.05) is 6.07 Å². The molecule has 10 heteroatoms. The smallest absolute Gasteiger partial charge is 0.225 e. The van der Waals surface area contributed by atoms with Gasteiger partial charge in [0.15, 0.2) is 11.5 Å². The molecule has 4 aromatic rings. The number of aromatic nitrogens is 5. The fourth-order valence-electron chi connectivity index (χ4n) is 4.26. The summed E-state index contributed by atoms with van der Waals surface area (Å²) in [6, 6.07) is 6.92. The van der Waals surface area contributed by atoms with Gasteiger partial charge in [0.2, 0.25) is 11.9 Å². The number of pyridine rings is 1. The summed E-state index contributed by atoms with van der Waals surface area (Å²) in [6.07, 6.45) is 5.71. The lowest BCUT2D eigenvalue weighted by Gasteiger charge is -2.16. The molecular weight excluding hydrogens is 477 g/mol. The number of nitrogens with zero attached hydrogens (tertiary/aromatic N) is 6. The van der Waals surface area contributed by atoms with Gasteiger partial charge in [0, 0.05) is 49.9 Å². The molecule has 1 aliphatic carbocycles. The molecule has 164 valence electrons. The standard InChI is InChI=1S/C22H21BrFN7O/c1-30(2)21(32)13-5-6-14(8-13)27-22-26-11-16-19(23)29-31(20(16)28-22)15-9-12-4-3-7-25-18(12)17(24)10-15/h3-4,7,9-11,13-14H,5-6,8H2,1-2H3,(H,26,27,28)/t13-,14-/m1/s1. The van der Waals surface area contributed by atoms with Crippen LogP contribution in [0.1, 0.15) is 19.3 Å². The molecule has 1 N–H and O–H groups in total. The van der Waals surface area contributed by atoms with Crippen LogP contribution in [0.4, 0.5) is 10.3 Å². The van der Waals surface area contributed by atoms with Crippen molar-refractivity contribution in [2.45, 2.75) is 25.3 Å². The topological polar surface area (TPSA) is 88.8 Å². The minimum absolute atomic E-state index is 0.0140. The number of rotatable bonds is 4. The van der Waals surface area contributed by atoms with Gasteiger partial charge in [-0.2, -0.15) is 10.1 Å². The largest absolute Gasteiger partial charge is 0.351 e. The maximum absolute atomic E-state index is 14.7. The van der Waals surface area contributed by atoms with E-state index in [9.17, 15) is 9.18 Å². The monoisotopic (exact) mass is 497 g/mol. The fraction of sp³-hybridized carbons (Fsp3) is 0.318. The van der Waals surface area contributed by atoms with Crippen LogP contribution in [0.25, 0.3) is 27.6 Å². The van der Waals surface area contributed by atoms with Crippen molar-refractivity contribution in [3.63, 3.8) is 0 Å². The highest BCUT2D eigenvalue weighted by atomic mass is 79.9. The van der Waals surface area contributed by atoms with E-state index in [1.165, 1.54) is 6.07 Å². The number of amides is 1. The molecule has 0 spiro atoms. The first-order valence-electron chi connectivity index (χ1n) is 10.3. The Morgan fingerprint density at radius 3 is 2.94 bits per heavy atom. The molecule has 8 nitrogen and oxygen atoms in total. The van der Waals surface area contributed by atoms with Crippen LogP contribution < -0.4 is 5.32 Å². The van der Waals surface area contributed by atoms with Gasteiger partial charge in [0.05, 0.1) is 11.1 Å². The van der Waals surface area contributed by atoms with E-state index in [0.29, 0.717) is 38.2 Å². The Morgan fingerprint density at radius 1 is 1.28 bits per heavy atom. The molecule has 1 aromatic carbocycles. The Balaban J connectivity index is 1.47. The van der Waals surface area contributed by atoms with E-state index in [2.05, 4.69) is 41.3 Å². The third kappa shape index (κ3) is 3.68. The minimum Gasteiger partial charge on any atom is -0.351 e. The first-order valence-corrected chi connectivity index (χ1v) is 11.1. The molecule has 1 aliphatic rings. The summed E-state index contributed by atoms with van der Waals surface area (Å²) < 4.78 is 16.8. The normalized spacial score (nSPS) is 18.4. The summed E-state index contributed by atoms with van der Waals surface area (Å²) in [5.41, 5.74) is 1.41. The van der Waals surface area contributed by atoms with Gasteiger partial charge in [-0.25, -0.2) is 14.1 Å². The van der Waals surface area contributed by atoms with Crippen molar-refractivity contribution < 1.29 is 9.18 Å². The van der Waals surface area contributed by atoms with Crippen LogP contribution in [0.2, 0.25) is 0 Å². The predicted octanol–water partition coefficient (Wildman–Crippen LogP) is 3.93. The van der Waals surface area contributed by atoms with E-state index >= 15 is 0 Å². The van der Waals surface area contributed by atoms with Crippen molar-refractivity contribution in [1.82, 2.24) is 29.6 Å². The highest BCUT2D eigenvalue weighted by Gasteiger charge is 2.31. The summed E-state index contributed by atoms with van der Waals surface area (Å²) in [5.74, 6) is 0.199. The number of hydrogen-bond acceptors (Lipinski definition) is 6. The fourth-order valence-corrected chi connectivity index (χ4v) is 4.70. The number of fused-ring (bicyclic) bond motifs is 2. The van der Waals surface area contributed by atoms with Gasteiger partial charge in [-0.3, -0.25) is 9.78 Å². The zero-order chi connectivity index (χ0) is 22.4. The number of nitrogens with one attached hydrogen (secondary N) is 1. The van der Waals surface area contributed by atoms with Crippen molar-refractivity contribution in [2.75, 3.05) is 19.4 Å². The van der Waals surface area contributed by atoms with Gasteiger partial charge < -0.3 is 10.2 Å². The number of carbonyl (C=O) groups is 1. The van der Waals surface area contributed by atoms with Crippen molar-refractivity contribution >= 4 is 49.7 Å². The van der Waals surface area contributed by atoms with Gasteiger partial charge in [0.25, 0.3) is 0 Å². The van der Waals surface area contributed by atoms with E-state index in [-0.39, 0.29) is 17.9 Å². The van der Waals surface area contributed by atoms with Crippen LogP contribution in [-0.4, -0.2) is 55.7 Å². The third-order valence-electron chi connectivity index (χ3n) is 5.82. The number of anilines is 1. The Morgan fingerprint density at radius 2 is 2.12 bits per heavy atom. The summed E-state index contributed by atoms with van der Waals surface area (Å²) in [7, 11) is 3.57. The minimum atomic E-state index is -0.423. The average Bonchev–Trinajstić information content (AvgIpc) is 3.37. The Kier molecular flexibility index (Phi) is 5.24. The molecule has 1 fully saturated rings. The quantitative estimate of drug-likeness (QED) is 0.459. The lowest BCUT2D eigenvalue weighted by molar-refractivity contribution is -0.132. The molecule has 0 unspecified atom stereocenters. The summed E-state index contributed by atoms with van der Waals surface area (Å²) in [6.45, 7) is 0. The van der Waals surface area contributed by atoms with Crippen LogP contribution in [-0.2, 0) is 4.79 Å². The molecule has 0 radical (unpaired) electrons. The summed E-state index contributed by atoms with van der Waals surface area (Å²) in [5, 5.41) is 9.25. The van der Waals surface area contributed by atoms with E-state index < -0.39 is 5.82 Å². The second-order valence-electron chi connectivity index (χ2n) is 8.22. The van der Waals surface area contributed by atoms with Crippen LogP contribution in [0.5, 0.6) is 0 Å². The molecule has 3 heterocycles. The molecular formula is C22H21BrFN7O. The molecule has 1 saturated carbocycles. The van der Waals surface area contributed by atoms with Gasteiger partial charge >= 0.3 is 0 Å². The maximum atomic E-state index is 14.7. The molecule has 3 aromatic heterocycles. The first kappa shape index (κ1) is 20.7. The van der Waals surface area contributed by atoms with E-state index in [0.717, 1.165) is 19.3 Å². The third-order valence-corrected chi connectivity index (χ3v) is 6.41. The average molecular weight is 498 g/mol. The SMILES string of the molecule is CN(C)C(=O)[C@@H]1CC[C@@H](Nc2ncc3c(Br)nn(-c4cc(F)c5ncccc5c4)c3n2)C1. The number of benzene rings is 1. The van der Waals surface area contributed by atoms with Gasteiger partial charge in [0.1, 0.15) is 10.1 Å². The van der Waals surface area contributed by atoms with Crippen molar-refractivity contribution in [2.24, 2.45) is 5.92 Å². The lowest BCUT2D eigenvalue weighted by Crippen LogP contribution is -2.29. The summed E-state index contributed by atoms with van der Waals surface area (Å²) in [4.78, 5) is 27.1. The van der Waals surface area contributed by atoms with E-state index in [4.69, 9.17) is 0 Å². The summed E-state index contributed by atoms with van der Waals surface area (Å²) >= 11 is 3.45. The lowest BCUT2D eigenvalue weighted by atomic mass is 10.1. The van der Waals surface area contributed by atoms with Crippen molar-refractivity contribution in [3.8, 4) is 5.69 Å². The van der Waals surface area contributed by atoms with Crippen LogP contribution in [0.3, 0.4) is 0 Å². The number of carbonyl (C=O) groups excluding carboxylic acids is 1. The van der Waals surface area contributed by atoms with Crippen LogP contribution in [0, 0.1) is 11.7 Å². The number of hydrogen-bond donors (Lipinski definition) is 1. The second kappa shape index (κ2) is 8.09. The Labute approximate surface area is 192 Å². The molecule has 1 amide bonds. The molecule has 0 saturated heterocycles. The van der Waals surface area contributed by atoms with E-state index in [1.807, 2.05) is 12.1 Å².